The molecule has 1 N–H and O–H groups in total. The molecular formula is C16H14ClNO3. The highest BCUT2D eigenvalue weighted by Gasteiger charge is 2.09. The summed E-state index contributed by atoms with van der Waals surface area (Å²) in [4.78, 5) is 23.3. The molecule has 2 aromatic rings. The zero-order valence-electron chi connectivity index (χ0n) is 11.4. The predicted molar refractivity (Wildman–Crippen MR) is 81.8 cm³/mol. The Kier molecular flexibility index (Phi) is 4.95. The maximum Gasteiger partial charge on any atom is 0.343 e. The summed E-state index contributed by atoms with van der Waals surface area (Å²) in [5.74, 6) is -0.217. The van der Waals surface area contributed by atoms with E-state index in [0.29, 0.717) is 28.4 Å². The number of nitrogens with one attached hydrogen (secondary N) is 1. The molecule has 0 aliphatic rings. The Hall–Kier alpha value is -2.33. The Morgan fingerprint density at radius 2 is 1.86 bits per heavy atom. The summed E-state index contributed by atoms with van der Waals surface area (Å²) in [6, 6.07) is 13.1. The van der Waals surface area contributed by atoms with Gasteiger partial charge in [0.15, 0.2) is 0 Å². The van der Waals surface area contributed by atoms with Gasteiger partial charge in [-0.2, -0.15) is 0 Å². The smallest absolute Gasteiger partial charge is 0.343 e. The van der Waals surface area contributed by atoms with Crippen molar-refractivity contribution in [1.82, 2.24) is 0 Å². The van der Waals surface area contributed by atoms with Gasteiger partial charge in [0.2, 0.25) is 5.91 Å². The fraction of sp³-hybridized carbons (Fsp3) is 0.125. The summed E-state index contributed by atoms with van der Waals surface area (Å²) in [5.41, 5.74) is 0.991. The van der Waals surface area contributed by atoms with Gasteiger partial charge < -0.3 is 10.1 Å². The summed E-state index contributed by atoms with van der Waals surface area (Å²) in [5, 5.41) is 3.26. The van der Waals surface area contributed by atoms with Crippen molar-refractivity contribution in [3.63, 3.8) is 0 Å². The van der Waals surface area contributed by atoms with Crippen molar-refractivity contribution in [1.29, 1.82) is 0 Å². The Bertz CT molecular complexity index is 653. The zero-order valence-corrected chi connectivity index (χ0v) is 12.2. The van der Waals surface area contributed by atoms with E-state index in [-0.39, 0.29) is 5.91 Å². The number of hydrogen-bond donors (Lipinski definition) is 1. The van der Waals surface area contributed by atoms with E-state index in [1.165, 1.54) is 0 Å². The number of amides is 1. The number of rotatable bonds is 4. The molecule has 2 rings (SSSR count). The molecule has 0 fully saturated rings. The van der Waals surface area contributed by atoms with Crippen LogP contribution in [0.5, 0.6) is 5.75 Å². The molecule has 0 aromatic heterocycles. The lowest BCUT2D eigenvalue weighted by Crippen LogP contribution is -2.11. The zero-order chi connectivity index (χ0) is 15.2. The summed E-state index contributed by atoms with van der Waals surface area (Å²) < 4.78 is 5.26. The molecule has 0 atom stereocenters. The van der Waals surface area contributed by atoms with Crippen molar-refractivity contribution in [2.75, 3.05) is 5.32 Å². The SMILES string of the molecule is CCC(=O)Nc1cccc(OC(=O)c2ccc(Cl)cc2)c1. The molecular weight excluding hydrogens is 290 g/mol. The van der Waals surface area contributed by atoms with Gasteiger partial charge in [0.25, 0.3) is 0 Å². The molecule has 0 bridgehead atoms. The Morgan fingerprint density at radius 1 is 1.14 bits per heavy atom. The lowest BCUT2D eigenvalue weighted by atomic mass is 10.2. The summed E-state index contributed by atoms with van der Waals surface area (Å²) in [6.07, 6.45) is 0.384. The van der Waals surface area contributed by atoms with E-state index >= 15 is 0 Å². The monoisotopic (exact) mass is 303 g/mol. The number of benzene rings is 2. The van der Waals surface area contributed by atoms with E-state index in [4.69, 9.17) is 16.3 Å². The van der Waals surface area contributed by atoms with Crippen molar-refractivity contribution >= 4 is 29.2 Å². The van der Waals surface area contributed by atoms with Crippen LogP contribution in [0.1, 0.15) is 23.7 Å². The summed E-state index contributed by atoms with van der Waals surface area (Å²) in [6.45, 7) is 1.76. The van der Waals surface area contributed by atoms with E-state index in [1.807, 2.05) is 0 Å². The first-order chi connectivity index (χ1) is 10.1. The van der Waals surface area contributed by atoms with E-state index in [2.05, 4.69) is 5.32 Å². The molecule has 0 saturated carbocycles. The van der Waals surface area contributed by atoms with Gasteiger partial charge >= 0.3 is 5.97 Å². The van der Waals surface area contributed by atoms with Gasteiger partial charge in [-0.3, -0.25) is 4.79 Å². The topological polar surface area (TPSA) is 55.4 Å². The van der Waals surface area contributed by atoms with Gasteiger partial charge in [-0.25, -0.2) is 4.79 Å². The standard InChI is InChI=1S/C16H14ClNO3/c1-2-15(19)18-13-4-3-5-14(10-13)21-16(20)11-6-8-12(17)9-7-11/h3-10H,2H2,1H3,(H,18,19). The maximum absolute atomic E-state index is 12.0. The third-order valence-electron chi connectivity index (χ3n) is 2.73. The molecule has 0 heterocycles. The second-order valence-corrected chi connectivity index (χ2v) is 4.76. The maximum atomic E-state index is 12.0. The lowest BCUT2D eigenvalue weighted by molar-refractivity contribution is -0.115. The highest BCUT2D eigenvalue weighted by molar-refractivity contribution is 6.30. The molecule has 0 unspecified atom stereocenters. The Labute approximate surface area is 127 Å². The minimum Gasteiger partial charge on any atom is -0.423 e. The van der Waals surface area contributed by atoms with E-state index < -0.39 is 5.97 Å². The number of halogens is 1. The normalized spacial score (nSPS) is 10.0. The molecule has 2 aromatic carbocycles. The van der Waals surface area contributed by atoms with Crippen molar-refractivity contribution in [3.05, 3.63) is 59.1 Å². The molecule has 0 aliphatic carbocycles. The van der Waals surface area contributed by atoms with Crippen molar-refractivity contribution in [2.24, 2.45) is 0 Å². The van der Waals surface area contributed by atoms with Gasteiger partial charge in [-0.1, -0.05) is 24.6 Å². The van der Waals surface area contributed by atoms with E-state index in [1.54, 1.807) is 55.5 Å². The lowest BCUT2D eigenvalue weighted by Gasteiger charge is -2.07. The third-order valence-corrected chi connectivity index (χ3v) is 2.98. The molecule has 5 heteroatoms. The van der Waals surface area contributed by atoms with Crippen LogP contribution in [0, 0.1) is 0 Å². The van der Waals surface area contributed by atoms with Crippen molar-refractivity contribution < 1.29 is 14.3 Å². The molecule has 0 aliphatic heterocycles. The van der Waals surface area contributed by atoms with Crippen LogP contribution < -0.4 is 10.1 Å². The van der Waals surface area contributed by atoms with Crippen LogP contribution in [-0.2, 0) is 4.79 Å². The molecule has 0 radical (unpaired) electrons. The Morgan fingerprint density at radius 3 is 2.52 bits per heavy atom. The van der Waals surface area contributed by atoms with Crippen LogP contribution in [0.15, 0.2) is 48.5 Å². The molecule has 0 saturated heterocycles. The number of carbonyl (C=O) groups excluding carboxylic acids is 2. The summed E-state index contributed by atoms with van der Waals surface area (Å²) in [7, 11) is 0. The highest BCUT2D eigenvalue weighted by Crippen LogP contribution is 2.19. The van der Waals surface area contributed by atoms with Crippen LogP contribution >= 0.6 is 11.6 Å². The molecule has 1 amide bonds. The minimum absolute atomic E-state index is 0.101. The third kappa shape index (κ3) is 4.33. The molecule has 4 nitrogen and oxygen atoms in total. The molecule has 0 spiro atoms. The molecule has 108 valence electrons. The number of carbonyl (C=O) groups is 2. The minimum atomic E-state index is -0.481. The number of hydrogen-bond acceptors (Lipinski definition) is 3. The number of anilines is 1. The van der Waals surface area contributed by atoms with Gasteiger partial charge in [-0.05, 0) is 36.4 Å². The average Bonchev–Trinajstić information content (AvgIpc) is 2.48. The second-order valence-electron chi connectivity index (χ2n) is 4.33. The second kappa shape index (κ2) is 6.90. The number of esters is 1. The highest BCUT2D eigenvalue weighted by atomic mass is 35.5. The van der Waals surface area contributed by atoms with Crippen molar-refractivity contribution in [2.45, 2.75) is 13.3 Å². The van der Waals surface area contributed by atoms with Gasteiger partial charge in [-0.15, -0.1) is 0 Å². The van der Waals surface area contributed by atoms with Gasteiger partial charge in [0.05, 0.1) is 5.56 Å². The van der Waals surface area contributed by atoms with Crippen LogP contribution in [-0.4, -0.2) is 11.9 Å². The molecule has 21 heavy (non-hydrogen) atoms. The van der Waals surface area contributed by atoms with Crippen LogP contribution in [0.3, 0.4) is 0 Å². The van der Waals surface area contributed by atoms with Crippen molar-refractivity contribution in [3.8, 4) is 5.75 Å². The fourth-order valence-corrected chi connectivity index (χ4v) is 1.76. The van der Waals surface area contributed by atoms with Gasteiger partial charge in [0, 0.05) is 23.2 Å². The Balaban J connectivity index is 2.08. The first-order valence-electron chi connectivity index (χ1n) is 6.46. The largest absolute Gasteiger partial charge is 0.423 e. The van der Waals surface area contributed by atoms with E-state index in [0.717, 1.165) is 0 Å². The van der Waals surface area contributed by atoms with Gasteiger partial charge in [0.1, 0.15) is 5.75 Å². The fourth-order valence-electron chi connectivity index (χ4n) is 1.64. The van der Waals surface area contributed by atoms with Crippen LogP contribution in [0.25, 0.3) is 0 Å². The first-order valence-corrected chi connectivity index (χ1v) is 6.84. The quantitative estimate of drug-likeness (QED) is 0.688. The van der Waals surface area contributed by atoms with E-state index in [9.17, 15) is 9.59 Å². The van der Waals surface area contributed by atoms with Crippen LogP contribution in [0.4, 0.5) is 5.69 Å². The summed E-state index contributed by atoms with van der Waals surface area (Å²) >= 11 is 5.77. The first kappa shape index (κ1) is 15.1. The average molecular weight is 304 g/mol. The predicted octanol–water partition coefficient (Wildman–Crippen LogP) is 3.91. The number of ether oxygens (including phenoxy) is 1. The van der Waals surface area contributed by atoms with Crippen LogP contribution in [0.2, 0.25) is 5.02 Å².